The highest BCUT2D eigenvalue weighted by atomic mass is 32.2. The first-order chi connectivity index (χ1) is 13.7. The number of sulfone groups is 1. The average molecular weight is 417 g/mol. The van der Waals surface area contributed by atoms with Crippen LogP contribution in [0.2, 0.25) is 0 Å². The average Bonchev–Trinajstić information content (AvgIpc) is 2.93. The molecule has 3 amide bonds. The quantitative estimate of drug-likeness (QED) is 0.670. The highest BCUT2D eigenvalue weighted by molar-refractivity contribution is 7.90. The Morgan fingerprint density at radius 3 is 2.24 bits per heavy atom. The molecule has 2 heterocycles. The van der Waals surface area contributed by atoms with E-state index < -0.39 is 33.6 Å². The van der Waals surface area contributed by atoms with Crippen LogP contribution in [0.25, 0.3) is 0 Å². The number of carbonyl (C=O) groups is 3. The SMILES string of the molecule is COc1ccc(NC(=O)[C@@H](CCS(C)(=O)=O)N2C(=O)c3ccccc3C2=O)cn1. The lowest BCUT2D eigenvalue weighted by molar-refractivity contribution is -0.120. The molecule has 3 rings (SSSR count). The Kier molecular flexibility index (Phi) is 5.64. The monoisotopic (exact) mass is 417 g/mol. The summed E-state index contributed by atoms with van der Waals surface area (Å²) in [5.74, 6) is -1.97. The van der Waals surface area contributed by atoms with Gasteiger partial charge in [0, 0.05) is 12.3 Å². The lowest BCUT2D eigenvalue weighted by Crippen LogP contribution is -2.48. The van der Waals surface area contributed by atoms with Gasteiger partial charge in [0.1, 0.15) is 15.9 Å². The predicted octanol–water partition coefficient (Wildman–Crippen LogP) is 1.13. The number of nitrogens with zero attached hydrogens (tertiary/aromatic N) is 2. The molecule has 1 N–H and O–H groups in total. The number of imide groups is 1. The van der Waals surface area contributed by atoms with Gasteiger partial charge in [0.25, 0.3) is 11.8 Å². The van der Waals surface area contributed by atoms with Gasteiger partial charge < -0.3 is 10.1 Å². The van der Waals surface area contributed by atoms with E-state index in [-0.39, 0.29) is 23.3 Å². The number of aromatic nitrogens is 1. The molecule has 0 fully saturated rings. The fourth-order valence-electron chi connectivity index (χ4n) is 2.99. The second kappa shape index (κ2) is 8.00. The minimum atomic E-state index is -3.42. The van der Waals surface area contributed by atoms with Gasteiger partial charge in [-0.2, -0.15) is 0 Å². The Morgan fingerprint density at radius 2 is 1.76 bits per heavy atom. The largest absolute Gasteiger partial charge is 0.481 e. The van der Waals surface area contributed by atoms with Crippen molar-refractivity contribution in [2.45, 2.75) is 12.5 Å². The van der Waals surface area contributed by atoms with Crippen molar-refractivity contribution < 1.29 is 27.5 Å². The Labute approximate surface area is 167 Å². The normalized spacial score (nSPS) is 14.5. The predicted molar refractivity (Wildman–Crippen MR) is 104 cm³/mol. The third-order valence-electron chi connectivity index (χ3n) is 4.41. The van der Waals surface area contributed by atoms with Crippen LogP contribution in [0.4, 0.5) is 5.69 Å². The van der Waals surface area contributed by atoms with E-state index in [1.165, 1.54) is 31.5 Å². The van der Waals surface area contributed by atoms with Crippen LogP contribution in [0.1, 0.15) is 27.1 Å². The van der Waals surface area contributed by atoms with E-state index in [2.05, 4.69) is 10.3 Å². The Bertz CT molecular complexity index is 1030. The summed E-state index contributed by atoms with van der Waals surface area (Å²) in [7, 11) is -1.98. The van der Waals surface area contributed by atoms with Crippen LogP contribution in [-0.4, -0.2) is 61.2 Å². The van der Waals surface area contributed by atoms with E-state index >= 15 is 0 Å². The highest BCUT2D eigenvalue weighted by Crippen LogP contribution is 2.26. The van der Waals surface area contributed by atoms with Crippen LogP contribution in [0.5, 0.6) is 5.88 Å². The Hall–Kier alpha value is -3.27. The third-order valence-corrected chi connectivity index (χ3v) is 5.39. The van der Waals surface area contributed by atoms with Gasteiger partial charge in [-0.15, -0.1) is 0 Å². The second-order valence-corrected chi connectivity index (χ2v) is 8.80. The summed E-state index contributed by atoms with van der Waals surface area (Å²) in [4.78, 5) is 43.2. The van der Waals surface area contributed by atoms with E-state index in [0.29, 0.717) is 11.6 Å². The van der Waals surface area contributed by atoms with E-state index in [1.54, 1.807) is 18.2 Å². The molecule has 10 heteroatoms. The van der Waals surface area contributed by atoms with Crippen LogP contribution in [0, 0.1) is 0 Å². The number of fused-ring (bicyclic) bond motifs is 1. The van der Waals surface area contributed by atoms with Gasteiger partial charge in [-0.25, -0.2) is 13.4 Å². The molecule has 1 aliphatic rings. The minimum Gasteiger partial charge on any atom is -0.481 e. The van der Waals surface area contributed by atoms with E-state index in [4.69, 9.17) is 4.74 Å². The first-order valence-electron chi connectivity index (χ1n) is 8.67. The number of methoxy groups -OCH3 is 1. The van der Waals surface area contributed by atoms with Crippen molar-refractivity contribution in [3.63, 3.8) is 0 Å². The number of pyridine rings is 1. The van der Waals surface area contributed by atoms with Gasteiger partial charge in [-0.1, -0.05) is 12.1 Å². The molecule has 9 nitrogen and oxygen atoms in total. The zero-order chi connectivity index (χ0) is 21.2. The maximum absolute atomic E-state index is 12.9. The number of ether oxygens (including phenoxy) is 1. The molecule has 1 aliphatic heterocycles. The number of hydrogen-bond donors (Lipinski definition) is 1. The molecule has 1 aromatic heterocycles. The van der Waals surface area contributed by atoms with E-state index in [9.17, 15) is 22.8 Å². The molecule has 152 valence electrons. The maximum atomic E-state index is 12.9. The minimum absolute atomic E-state index is 0.181. The number of nitrogens with one attached hydrogen (secondary N) is 1. The number of anilines is 1. The number of rotatable bonds is 7. The topological polar surface area (TPSA) is 123 Å². The van der Waals surface area contributed by atoms with E-state index in [0.717, 1.165) is 11.2 Å². The fraction of sp³-hybridized carbons (Fsp3) is 0.263. The summed E-state index contributed by atoms with van der Waals surface area (Å²) >= 11 is 0. The number of hydrogen-bond acceptors (Lipinski definition) is 7. The summed E-state index contributed by atoms with van der Waals surface area (Å²) in [6, 6.07) is 8.00. The lowest BCUT2D eigenvalue weighted by Gasteiger charge is -2.25. The zero-order valence-electron chi connectivity index (χ0n) is 15.8. The number of carbonyl (C=O) groups excluding carboxylic acids is 3. The molecule has 0 bridgehead atoms. The maximum Gasteiger partial charge on any atom is 0.262 e. The highest BCUT2D eigenvalue weighted by Gasteiger charge is 2.42. The van der Waals surface area contributed by atoms with Gasteiger partial charge >= 0.3 is 0 Å². The summed E-state index contributed by atoms with van der Waals surface area (Å²) in [5, 5.41) is 2.58. The lowest BCUT2D eigenvalue weighted by atomic mass is 10.1. The molecule has 0 aliphatic carbocycles. The number of benzene rings is 1. The first kappa shape index (κ1) is 20.5. The summed E-state index contributed by atoms with van der Waals surface area (Å²) in [6.07, 6.45) is 2.16. The fourth-order valence-corrected chi connectivity index (χ4v) is 3.65. The summed E-state index contributed by atoms with van der Waals surface area (Å²) < 4.78 is 28.2. The van der Waals surface area contributed by atoms with Crippen LogP contribution in [0.3, 0.4) is 0 Å². The van der Waals surface area contributed by atoms with Gasteiger partial charge in [0.2, 0.25) is 11.8 Å². The molecule has 1 atom stereocenters. The van der Waals surface area contributed by atoms with Crippen LogP contribution < -0.4 is 10.1 Å². The van der Waals surface area contributed by atoms with Crippen molar-refractivity contribution in [2.24, 2.45) is 0 Å². The summed E-state index contributed by atoms with van der Waals surface area (Å²) in [5.41, 5.74) is 0.679. The molecule has 0 saturated heterocycles. The van der Waals surface area contributed by atoms with Gasteiger partial charge in [0.05, 0.1) is 35.9 Å². The van der Waals surface area contributed by atoms with Crippen molar-refractivity contribution in [2.75, 3.05) is 24.4 Å². The van der Waals surface area contributed by atoms with Crippen molar-refractivity contribution in [3.05, 3.63) is 53.7 Å². The summed E-state index contributed by atoms with van der Waals surface area (Å²) in [6.45, 7) is 0. The Balaban J connectivity index is 1.89. The smallest absolute Gasteiger partial charge is 0.262 e. The molecule has 2 aromatic rings. The van der Waals surface area contributed by atoms with Gasteiger partial charge in [0.15, 0.2) is 0 Å². The van der Waals surface area contributed by atoms with E-state index in [1.807, 2.05) is 0 Å². The van der Waals surface area contributed by atoms with Gasteiger partial charge in [-0.3, -0.25) is 19.3 Å². The molecular formula is C19H19N3O6S. The van der Waals surface area contributed by atoms with Crippen LogP contribution >= 0.6 is 0 Å². The van der Waals surface area contributed by atoms with Crippen LogP contribution in [0.15, 0.2) is 42.6 Å². The van der Waals surface area contributed by atoms with Crippen molar-refractivity contribution in [1.29, 1.82) is 0 Å². The standard InChI is InChI=1S/C19H19N3O6S/c1-28-16-8-7-12(11-20-16)21-17(23)15(9-10-29(2,26)27)22-18(24)13-5-3-4-6-14(13)19(22)25/h3-8,11,15H,9-10H2,1-2H3,(H,21,23)/t15-/m1/s1. The molecule has 0 spiro atoms. The Morgan fingerprint density at radius 1 is 1.14 bits per heavy atom. The van der Waals surface area contributed by atoms with Crippen molar-refractivity contribution in [3.8, 4) is 5.88 Å². The molecular weight excluding hydrogens is 398 g/mol. The second-order valence-electron chi connectivity index (χ2n) is 6.54. The van der Waals surface area contributed by atoms with Crippen molar-refractivity contribution in [1.82, 2.24) is 9.88 Å². The molecule has 0 unspecified atom stereocenters. The van der Waals surface area contributed by atoms with Gasteiger partial charge in [-0.05, 0) is 24.6 Å². The third kappa shape index (κ3) is 4.43. The molecule has 0 radical (unpaired) electrons. The van der Waals surface area contributed by atoms with Crippen LogP contribution in [-0.2, 0) is 14.6 Å². The molecule has 0 saturated carbocycles. The molecule has 1 aromatic carbocycles. The molecule has 29 heavy (non-hydrogen) atoms. The van der Waals surface area contributed by atoms with Crippen molar-refractivity contribution >= 4 is 33.2 Å². The first-order valence-corrected chi connectivity index (χ1v) is 10.7. The zero-order valence-corrected chi connectivity index (χ0v) is 16.6. The number of amides is 3.